The molecule has 1 fully saturated rings. The summed E-state index contributed by atoms with van der Waals surface area (Å²) in [5.41, 5.74) is 0.710. The highest BCUT2D eigenvalue weighted by Crippen LogP contribution is 2.11. The molecule has 1 saturated heterocycles. The summed E-state index contributed by atoms with van der Waals surface area (Å²) in [6.07, 6.45) is 0.751. The Labute approximate surface area is 117 Å². The molecule has 106 valence electrons. The second kappa shape index (κ2) is 6.29. The highest BCUT2D eigenvalue weighted by molar-refractivity contribution is 6.00. The van der Waals surface area contributed by atoms with E-state index in [1.165, 1.54) is 7.05 Å². The first kappa shape index (κ1) is 14.2. The maximum absolute atomic E-state index is 11.8. The van der Waals surface area contributed by atoms with Crippen molar-refractivity contribution in [3.63, 3.8) is 0 Å². The van der Waals surface area contributed by atoms with Gasteiger partial charge in [0.25, 0.3) is 0 Å². The summed E-state index contributed by atoms with van der Waals surface area (Å²) in [4.78, 5) is 36.0. The minimum atomic E-state index is -0.473. The lowest BCUT2D eigenvalue weighted by Crippen LogP contribution is -2.52. The van der Waals surface area contributed by atoms with Crippen LogP contribution in [0.4, 0.5) is 5.69 Å². The highest BCUT2D eigenvalue weighted by atomic mass is 16.2. The summed E-state index contributed by atoms with van der Waals surface area (Å²) in [6.45, 7) is 0.0351. The van der Waals surface area contributed by atoms with E-state index < -0.39 is 6.04 Å². The topological polar surface area (TPSA) is 78.5 Å². The van der Waals surface area contributed by atoms with Gasteiger partial charge in [-0.1, -0.05) is 18.2 Å². The summed E-state index contributed by atoms with van der Waals surface area (Å²) in [7, 11) is 1.46. The van der Waals surface area contributed by atoms with Crippen molar-refractivity contribution >= 4 is 23.4 Å². The molecule has 3 amide bonds. The Morgan fingerprint density at radius 1 is 1.30 bits per heavy atom. The zero-order chi connectivity index (χ0) is 14.5. The van der Waals surface area contributed by atoms with E-state index in [4.69, 9.17) is 0 Å². The molecule has 20 heavy (non-hydrogen) atoms. The lowest BCUT2D eigenvalue weighted by Gasteiger charge is -2.28. The molecule has 0 radical (unpaired) electrons. The molecule has 1 atom stereocenters. The SMILES string of the molecule is CN1C(=O)CCC(NCC(=O)Nc2ccccc2)C1=O. The van der Waals surface area contributed by atoms with Gasteiger partial charge in [-0.2, -0.15) is 0 Å². The van der Waals surface area contributed by atoms with Crippen LogP contribution < -0.4 is 10.6 Å². The number of hydrogen-bond donors (Lipinski definition) is 2. The van der Waals surface area contributed by atoms with E-state index in [0.29, 0.717) is 18.5 Å². The van der Waals surface area contributed by atoms with Crippen LogP contribution in [0, 0.1) is 0 Å². The van der Waals surface area contributed by atoms with Crippen LogP contribution in [0.25, 0.3) is 0 Å². The van der Waals surface area contributed by atoms with Gasteiger partial charge in [-0.15, -0.1) is 0 Å². The molecule has 1 unspecified atom stereocenters. The van der Waals surface area contributed by atoms with Crippen LogP contribution in [0.15, 0.2) is 30.3 Å². The number of likely N-dealkylation sites (N-methyl/N-ethyl adjacent to an activating group) is 1. The quantitative estimate of drug-likeness (QED) is 0.778. The number of carbonyl (C=O) groups is 3. The number of amides is 3. The third kappa shape index (κ3) is 3.42. The fourth-order valence-corrected chi connectivity index (χ4v) is 2.05. The van der Waals surface area contributed by atoms with Gasteiger partial charge < -0.3 is 5.32 Å². The number of nitrogens with zero attached hydrogens (tertiary/aromatic N) is 1. The molecule has 6 nitrogen and oxygen atoms in total. The molecule has 0 aliphatic carbocycles. The van der Waals surface area contributed by atoms with E-state index in [0.717, 1.165) is 4.90 Å². The van der Waals surface area contributed by atoms with Crippen molar-refractivity contribution in [2.24, 2.45) is 0 Å². The van der Waals surface area contributed by atoms with E-state index in [2.05, 4.69) is 10.6 Å². The smallest absolute Gasteiger partial charge is 0.246 e. The van der Waals surface area contributed by atoms with Gasteiger partial charge in [0.15, 0.2) is 0 Å². The summed E-state index contributed by atoms with van der Waals surface area (Å²) in [5, 5.41) is 5.61. The minimum Gasteiger partial charge on any atom is -0.325 e. The molecule has 0 aromatic heterocycles. The third-order valence-corrected chi connectivity index (χ3v) is 3.22. The van der Waals surface area contributed by atoms with Crippen LogP contribution in [0.3, 0.4) is 0 Å². The van der Waals surface area contributed by atoms with Crippen LogP contribution in [0.1, 0.15) is 12.8 Å². The number of rotatable bonds is 4. The van der Waals surface area contributed by atoms with Gasteiger partial charge >= 0.3 is 0 Å². The first-order valence-electron chi connectivity index (χ1n) is 6.46. The summed E-state index contributed by atoms with van der Waals surface area (Å²) in [6, 6.07) is 8.62. The lowest BCUT2D eigenvalue weighted by atomic mass is 10.0. The van der Waals surface area contributed by atoms with Crippen molar-refractivity contribution in [2.75, 3.05) is 18.9 Å². The van der Waals surface area contributed by atoms with Gasteiger partial charge in [0.2, 0.25) is 17.7 Å². The first-order chi connectivity index (χ1) is 9.58. The number of benzene rings is 1. The summed E-state index contributed by atoms with van der Waals surface area (Å²) in [5.74, 6) is -0.681. The molecular weight excluding hydrogens is 258 g/mol. The zero-order valence-corrected chi connectivity index (χ0v) is 11.3. The maximum atomic E-state index is 11.8. The number of likely N-dealkylation sites (tertiary alicyclic amines) is 1. The Hall–Kier alpha value is -2.21. The molecule has 1 aliphatic rings. The minimum absolute atomic E-state index is 0.0351. The molecule has 1 aliphatic heterocycles. The van der Waals surface area contributed by atoms with Gasteiger partial charge in [-0.3, -0.25) is 24.6 Å². The molecular formula is C14H17N3O3. The largest absolute Gasteiger partial charge is 0.325 e. The van der Waals surface area contributed by atoms with Crippen molar-refractivity contribution < 1.29 is 14.4 Å². The fraction of sp³-hybridized carbons (Fsp3) is 0.357. The highest BCUT2D eigenvalue weighted by Gasteiger charge is 2.31. The molecule has 0 spiro atoms. The van der Waals surface area contributed by atoms with Gasteiger partial charge in [0, 0.05) is 19.2 Å². The van der Waals surface area contributed by atoms with Gasteiger partial charge in [0.1, 0.15) is 0 Å². The predicted molar refractivity (Wildman–Crippen MR) is 73.9 cm³/mol. The van der Waals surface area contributed by atoms with Crippen LogP contribution in [-0.2, 0) is 14.4 Å². The van der Waals surface area contributed by atoms with E-state index in [1.54, 1.807) is 12.1 Å². The van der Waals surface area contributed by atoms with Crippen molar-refractivity contribution in [2.45, 2.75) is 18.9 Å². The average molecular weight is 275 g/mol. The van der Waals surface area contributed by atoms with Crippen LogP contribution in [0.5, 0.6) is 0 Å². The van der Waals surface area contributed by atoms with E-state index in [1.807, 2.05) is 18.2 Å². The van der Waals surface area contributed by atoms with E-state index >= 15 is 0 Å². The van der Waals surface area contributed by atoms with Crippen molar-refractivity contribution in [3.8, 4) is 0 Å². The standard InChI is InChI=1S/C14H17N3O3/c1-17-13(19)8-7-11(14(17)20)15-9-12(18)16-10-5-3-2-4-6-10/h2-6,11,15H,7-9H2,1H3,(H,16,18). The second-order valence-electron chi connectivity index (χ2n) is 4.68. The molecule has 1 aromatic rings. The normalized spacial score (nSPS) is 19.1. The summed E-state index contributed by atoms with van der Waals surface area (Å²) >= 11 is 0. The van der Waals surface area contributed by atoms with E-state index in [-0.39, 0.29) is 24.3 Å². The first-order valence-corrected chi connectivity index (χ1v) is 6.46. The van der Waals surface area contributed by atoms with E-state index in [9.17, 15) is 14.4 Å². The second-order valence-corrected chi connectivity index (χ2v) is 4.68. The fourth-order valence-electron chi connectivity index (χ4n) is 2.05. The zero-order valence-electron chi connectivity index (χ0n) is 11.3. The van der Waals surface area contributed by atoms with Crippen molar-refractivity contribution in [1.29, 1.82) is 0 Å². The molecule has 0 saturated carbocycles. The van der Waals surface area contributed by atoms with Crippen LogP contribution >= 0.6 is 0 Å². The Balaban J connectivity index is 1.82. The Bertz CT molecular complexity index is 516. The number of anilines is 1. The molecule has 1 aromatic carbocycles. The Morgan fingerprint density at radius 2 is 2.00 bits per heavy atom. The number of para-hydroxylation sites is 1. The Kier molecular flexibility index (Phi) is 4.47. The molecule has 1 heterocycles. The predicted octanol–water partition coefficient (Wildman–Crippen LogP) is 0.362. The summed E-state index contributed by atoms with van der Waals surface area (Å²) < 4.78 is 0. The molecule has 2 rings (SSSR count). The molecule has 2 N–H and O–H groups in total. The van der Waals surface area contributed by atoms with Gasteiger partial charge in [-0.25, -0.2) is 0 Å². The van der Waals surface area contributed by atoms with Crippen molar-refractivity contribution in [1.82, 2.24) is 10.2 Å². The number of piperidine rings is 1. The molecule has 6 heteroatoms. The number of carbonyl (C=O) groups excluding carboxylic acids is 3. The van der Waals surface area contributed by atoms with Crippen molar-refractivity contribution in [3.05, 3.63) is 30.3 Å². The monoisotopic (exact) mass is 275 g/mol. The van der Waals surface area contributed by atoms with Gasteiger partial charge in [-0.05, 0) is 18.6 Å². The molecule has 0 bridgehead atoms. The van der Waals surface area contributed by atoms with Crippen LogP contribution in [-0.4, -0.2) is 42.3 Å². The maximum Gasteiger partial charge on any atom is 0.246 e. The number of nitrogens with one attached hydrogen (secondary N) is 2. The van der Waals surface area contributed by atoms with Crippen LogP contribution in [0.2, 0.25) is 0 Å². The van der Waals surface area contributed by atoms with Gasteiger partial charge in [0.05, 0.1) is 12.6 Å². The lowest BCUT2D eigenvalue weighted by molar-refractivity contribution is -0.148. The number of hydrogen-bond acceptors (Lipinski definition) is 4. The average Bonchev–Trinajstić information content (AvgIpc) is 2.45. The Morgan fingerprint density at radius 3 is 2.70 bits per heavy atom. The number of imide groups is 1. The third-order valence-electron chi connectivity index (χ3n) is 3.22.